The molecular weight excluding hydrogens is 239 g/mol. The second-order valence-corrected chi connectivity index (χ2v) is 3.93. The van der Waals surface area contributed by atoms with Crippen molar-refractivity contribution in [1.82, 2.24) is 0 Å². The van der Waals surface area contributed by atoms with Gasteiger partial charge in [0.2, 0.25) is 0 Å². The van der Waals surface area contributed by atoms with E-state index in [0.717, 1.165) is 0 Å². The molecule has 0 radical (unpaired) electrons. The Labute approximate surface area is 94.8 Å². The van der Waals surface area contributed by atoms with Crippen molar-refractivity contribution in [2.75, 3.05) is 0 Å². The summed E-state index contributed by atoms with van der Waals surface area (Å²) in [4.78, 5) is 11.6. The molecule has 0 unspecified atom stereocenters. The van der Waals surface area contributed by atoms with Crippen LogP contribution < -0.4 is 5.43 Å². The maximum atomic E-state index is 11.6. The maximum Gasteiger partial charge on any atom is 0.196 e. The van der Waals surface area contributed by atoms with Gasteiger partial charge < -0.3 is 9.52 Å². The normalized spacial score (nSPS) is 10.9. The van der Waals surface area contributed by atoms with Gasteiger partial charge in [0.1, 0.15) is 16.9 Å². The first-order valence-electron chi connectivity index (χ1n) is 4.12. The summed E-state index contributed by atoms with van der Waals surface area (Å²) >= 11 is 11.5. The Balaban J connectivity index is 3.10. The quantitative estimate of drug-likeness (QED) is 0.775. The van der Waals surface area contributed by atoms with E-state index in [1.165, 1.54) is 12.1 Å². The monoisotopic (exact) mass is 244 g/mol. The van der Waals surface area contributed by atoms with E-state index in [0.29, 0.717) is 5.76 Å². The summed E-state index contributed by atoms with van der Waals surface area (Å²) in [6.45, 7) is 1.63. The molecule has 0 saturated heterocycles. The van der Waals surface area contributed by atoms with Gasteiger partial charge in [-0.05, 0) is 13.0 Å². The topological polar surface area (TPSA) is 50.4 Å². The van der Waals surface area contributed by atoms with Crippen LogP contribution in [0.2, 0.25) is 10.0 Å². The molecule has 0 aliphatic carbocycles. The largest absolute Gasteiger partial charge is 0.505 e. The zero-order valence-electron chi connectivity index (χ0n) is 7.67. The molecule has 0 amide bonds. The van der Waals surface area contributed by atoms with Gasteiger partial charge in [0, 0.05) is 6.07 Å². The highest BCUT2D eigenvalue weighted by Gasteiger charge is 2.14. The number of rotatable bonds is 0. The molecule has 0 atom stereocenters. The number of fused-ring (bicyclic) bond motifs is 1. The van der Waals surface area contributed by atoms with Crippen molar-refractivity contribution in [2.45, 2.75) is 6.92 Å². The fraction of sp³-hybridized carbons (Fsp3) is 0.100. The Morgan fingerprint density at radius 1 is 1.27 bits per heavy atom. The molecule has 78 valence electrons. The van der Waals surface area contributed by atoms with Crippen LogP contribution in [0.5, 0.6) is 5.75 Å². The average molecular weight is 245 g/mol. The van der Waals surface area contributed by atoms with Crippen LogP contribution in [0.1, 0.15) is 5.76 Å². The van der Waals surface area contributed by atoms with E-state index in [4.69, 9.17) is 27.6 Å². The summed E-state index contributed by atoms with van der Waals surface area (Å²) in [5.41, 5.74) is -0.209. The zero-order chi connectivity index (χ0) is 11.2. The van der Waals surface area contributed by atoms with Crippen LogP contribution in [-0.2, 0) is 0 Å². The van der Waals surface area contributed by atoms with Crippen LogP contribution >= 0.6 is 23.2 Å². The number of phenols is 1. The maximum absolute atomic E-state index is 11.6. The molecule has 0 aliphatic rings. The predicted molar refractivity (Wildman–Crippen MR) is 58.9 cm³/mol. The van der Waals surface area contributed by atoms with E-state index in [1.807, 2.05) is 0 Å². The molecule has 5 heteroatoms. The number of hydrogen-bond acceptors (Lipinski definition) is 3. The van der Waals surface area contributed by atoms with Gasteiger partial charge in [0.05, 0.1) is 10.0 Å². The molecule has 0 spiro atoms. The summed E-state index contributed by atoms with van der Waals surface area (Å²) in [6.07, 6.45) is 0. The Morgan fingerprint density at radius 3 is 2.60 bits per heavy atom. The number of aryl methyl sites for hydroxylation is 1. The van der Waals surface area contributed by atoms with E-state index in [-0.39, 0.29) is 32.2 Å². The van der Waals surface area contributed by atoms with Crippen molar-refractivity contribution in [3.8, 4) is 5.75 Å². The fourth-order valence-electron chi connectivity index (χ4n) is 1.37. The van der Waals surface area contributed by atoms with E-state index < -0.39 is 0 Å². The highest BCUT2D eigenvalue weighted by atomic mass is 35.5. The summed E-state index contributed by atoms with van der Waals surface area (Å²) < 4.78 is 5.26. The summed E-state index contributed by atoms with van der Waals surface area (Å²) in [6, 6.07) is 2.61. The third kappa shape index (κ3) is 1.58. The number of halogens is 2. The molecule has 1 N–H and O–H groups in total. The van der Waals surface area contributed by atoms with Gasteiger partial charge in [-0.25, -0.2) is 0 Å². The first-order valence-corrected chi connectivity index (χ1v) is 4.87. The highest BCUT2D eigenvalue weighted by molar-refractivity contribution is 6.39. The molecule has 1 aromatic carbocycles. The number of hydrogen-bond donors (Lipinski definition) is 1. The van der Waals surface area contributed by atoms with Crippen molar-refractivity contribution in [3.05, 3.63) is 38.2 Å². The molecule has 15 heavy (non-hydrogen) atoms. The van der Waals surface area contributed by atoms with Crippen LogP contribution in [0.25, 0.3) is 11.0 Å². The minimum Gasteiger partial charge on any atom is -0.505 e. The molecule has 0 aliphatic heterocycles. The molecule has 1 aromatic heterocycles. The molecule has 1 heterocycles. The minimum absolute atomic E-state index is 0.0121. The lowest BCUT2D eigenvalue weighted by molar-refractivity contribution is 0.479. The number of aromatic hydroxyl groups is 1. The van der Waals surface area contributed by atoms with Crippen molar-refractivity contribution < 1.29 is 9.52 Å². The summed E-state index contributed by atoms with van der Waals surface area (Å²) in [5, 5.41) is 9.85. The third-order valence-corrected chi connectivity index (χ3v) is 2.57. The lowest BCUT2D eigenvalue weighted by atomic mass is 10.2. The summed E-state index contributed by atoms with van der Waals surface area (Å²) in [5.74, 6) is 0.126. The highest BCUT2D eigenvalue weighted by Crippen LogP contribution is 2.35. The Kier molecular flexibility index (Phi) is 2.37. The fourth-order valence-corrected chi connectivity index (χ4v) is 1.87. The van der Waals surface area contributed by atoms with E-state index in [1.54, 1.807) is 6.92 Å². The van der Waals surface area contributed by atoms with E-state index >= 15 is 0 Å². The van der Waals surface area contributed by atoms with Gasteiger partial charge in [-0.3, -0.25) is 4.79 Å². The van der Waals surface area contributed by atoms with Crippen molar-refractivity contribution in [3.63, 3.8) is 0 Å². The standard InChI is InChI=1S/C10H6Cl2O3/c1-4-2-7(13)8-9(14)5(11)3-6(12)10(8)15-4/h2-3,14H,1H3. The molecule has 2 aromatic rings. The second kappa shape index (κ2) is 3.43. The van der Waals surface area contributed by atoms with Crippen molar-refractivity contribution in [1.29, 1.82) is 0 Å². The van der Waals surface area contributed by atoms with Gasteiger partial charge in [-0.2, -0.15) is 0 Å². The SMILES string of the molecule is Cc1cc(=O)c2c(O)c(Cl)cc(Cl)c2o1. The van der Waals surface area contributed by atoms with Crippen molar-refractivity contribution in [2.24, 2.45) is 0 Å². The Bertz CT molecular complexity index is 602. The lowest BCUT2D eigenvalue weighted by Crippen LogP contribution is -2.01. The Hall–Kier alpha value is -1.19. The molecule has 0 fully saturated rings. The van der Waals surface area contributed by atoms with E-state index in [9.17, 15) is 9.90 Å². The predicted octanol–water partition coefficient (Wildman–Crippen LogP) is 3.11. The van der Waals surface area contributed by atoms with Gasteiger partial charge in [0.25, 0.3) is 0 Å². The molecular formula is C10H6Cl2O3. The molecule has 0 bridgehead atoms. The van der Waals surface area contributed by atoms with Crippen LogP contribution in [-0.4, -0.2) is 5.11 Å². The van der Waals surface area contributed by atoms with Gasteiger partial charge >= 0.3 is 0 Å². The average Bonchev–Trinajstić information content (AvgIpc) is 2.13. The zero-order valence-corrected chi connectivity index (χ0v) is 9.19. The minimum atomic E-state index is -0.365. The van der Waals surface area contributed by atoms with E-state index in [2.05, 4.69) is 0 Å². The first-order chi connectivity index (χ1) is 7.00. The van der Waals surface area contributed by atoms with Crippen molar-refractivity contribution >= 4 is 34.2 Å². The second-order valence-electron chi connectivity index (χ2n) is 3.11. The number of phenolic OH excluding ortho intramolecular Hbond substituents is 1. The smallest absolute Gasteiger partial charge is 0.196 e. The van der Waals surface area contributed by atoms with Gasteiger partial charge in [0.15, 0.2) is 11.0 Å². The Morgan fingerprint density at radius 2 is 1.93 bits per heavy atom. The van der Waals surface area contributed by atoms with Gasteiger partial charge in [-0.15, -0.1) is 0 Å². The third-order valence-electron chi connectivity index (χ3n) is 2.00. The van der Waals surface area contributed by atoms with Crippen LogP contribution in [0.15, 0.2) is 21.3 Å². The van der Waals surface area contributed by atoms with Gasteiger partial charge in [-0.1, -0.05) is 23.2 Å². The molecule has 2 rings (SSSR count). The number of benzene rings is 1. The lowest BCUT2D eigenvalue weighted by Gasteiger charge is -2.04. The first kappa shape index (κ1) is 10.3. The van der Waals surface area contributed by atoms with Crippen LogP contribution in [0, 0.1) is 6.92 Å². The summed E-state index contributed by atoms with van der Waals surface area (Å²) in [7, 11) is 0. The molecule has 3 nitrogen and oxygen atoms in total. The van der Waals surface area contributed by atoms with Crippen LogP contribution in [0.4, 0.5) is 0 Å². The molecule has 0 saturated carbocycles. The van der Waals surface area contributed by atoms with Crippen LogP contribution in [0.3, 0.4) is 0 Å².